The lowest BCUT2D eigenvalue weighted by atomic mass is 10.1. The van der Waals surface area contributed by atoms with Crippen molar-refractivity contribution in [3.05, 3.63) is 53.8 Å². The van der Waals surface area contributed by atoms with E-state index < -0.39 is 0 Å². The summed E-state index contributed by atoms with van der Waals surface area (Å²) < 4.78 is 15.7. The third-order valence-electron chi connectivity index (χ3n) is 2.82. The third-order valence-corrected chi connectivity index (χ3v) is 6.08. The Balaban J connectivity index is 1.96. The number of aryl methyl sites for hydroxylation is 2. The van der Waals surface area contributed by atoms with Crippen LogP contribution in [-0.4, -0.2) is 0 Å². The van der Waals surface area contributed by atoms with Crippen molar-refractivity contribution in [2.75, 3.05) is 0 Å². The largest absolute Gasteiger partial charge is 0.308 e. The lowest BCUT2D eigenvalue weighted by Gasteiger charge is -2.07. The van der Waals surface area contributed by atoms with Gasteiger partial charge in [-0.2, -0.15) is 0 Å². The highest BCUT2D eigenvalue weighted by Gasteiger charge is 2.06. The van der Waals surface area contributed by atoms with E-state index >= 15 is 0 Å². The maximum atomic E-state index is 13.5. The topological polar surface area (TPSA) is 12.0 Å². The molecule has 0 aliphatic rings. The molecule has 0 atom stereocenters. The molecule has 1 N–H and O–H groups in total. The monoisotopic (exact) mass is 405 g/mol. The van der Waals surface area contributed by atoms with E-state index in [4.69, 9.17) is 0 Å². The minimum absolute atomic E-state index is 0.102. The highest BCUT2D eigenvalue weighted by atomic mass is 79.9. The Labute approximate surface area is 133 Å². The van der Waals surface area contributed by atoms with Crippen LogP contribution < -0.4 is 5.32 Å². The van der Waals surface area contributed by atoms with Crippen LogP contribution >= 0.6 is 43.2 Å². The van der Waals surface area contributed by atoms with E-state index in [-0.39, 0.29) is 5.82 Å². The van der Waals surface area contributed by atoms with Gasteiger partial charge in [-0.05, 0) is 68.5 Å². The predicted octanol–water partition coefficient (Wildman–Crippen LogP) is 5.32. The summed E-state index contributed by atoms with van der Waals surface area (Å²) in [7, 11) is 0. The number of halogens is 3. The Morgan fingerprint density at radius 2 is 1.74 bits per heavy atom. The van der Waals surface area contributed by atoms with E-state index in [1.165, 1.54) is 4.88 Å². The first-order chi connectivity index (χ1) is 8.97. The van der Waals surface area contributed by atoms with Crippen LogP contribution in [0.4, 0.5) is 4.39 Å². The van der Waals surface area contributed by atoms with Gasteiger partial charge >= 0.3 is 0 Å². The minimum atomic E-state index is -0.102. The van der Waals surface area contributed by atoms with Crippen LogP contribution in [0.3, 0.4) is 0 Å². The molecule has 2 aromatic rings. The van der Waals surface area contributed by atoms with E-state index in [2.05, 4.69) is 43.2 Å². The first kappa shape index (κ1) is 15.2. The van der Waals surface area contributed by atoms with Crippen LogP contribution in [0, 0.1) is 19.7 Å². The summed E-state index contributed by atoms with van der Waals surface area (Å²) in [4.78, 5) is 1.26. The molecule has 0 spiro atoms. The van der Waals surface area contributed by atoms with Gasteiger partial charge in [0, 0.05) is 22.4 Å². The summed E-state index contributed by atoms with van der Waals surface area (Å²) in [6.07, 6.45) is 0. The van der Waals surface area contributed by atoms with Crippen molar-refractivity contribution in [2.24, 2.45) is 0 Å². The number of rotatable bonds is 4. The summed E-state index contributed by atoms with van der Waals surface area (Å²) in [6.45, 7) is 5.16. The first-order valence-electron chi connectivity index (χ1n) is 5.87. The lowest BCUT2D eigenvalue weighted by Crippen LogP contribution is -2.12. The van der Waals surface area contributed by atoms with Gasteiger partial charge in [-0.15, -0.1) is 11.3 Å². The molecule has 1 nitrogen and oxygen atoms in total. The molecular formula is C14H14Br2FNS. The Morgan fingerprint density at radius 3 is 2.26 bits per heavy atom. The average Bonchev–Trinajstić information content (AvgIpc) is 2.65. The molecule has 19 heavy (non-hydrogen) atoms. The van der Waals surface area contributed by atoms with Crippen molar-refractivity contribution in [1.82, 2.24) is 5.32 Å². The van der Waals surface area contributed by atoms with Gasteiger partial charge in [-0.1, -0.05) is 12.1 Å². The molecule has 2 rings (SSSR count). The molecule has 0 saturated carbocycles. The molecule has 0 bridgehead atoms. The van der Waals surface area contributed by atoms with Gasteiger partial charge in [0.05, 0.1) is 3.79 Å². The maximum Gasteiger partial charge on any atom is 0.129 e. The predicted molar refractivity (Wildman–Crippen MR) is 86.1 cm³/mol. The summed E-state index contributed by atoms with van der Waals surface area (Å²) in [5, 5.41) is 3.38. The van der Waals surface area contributed by atoms with Gasteiger partial charge in [0.2, 0.25) is 0 Å². The molecule has 0 amide bonds. The Bertz CT molecular complexity index is 553. The summed E-state index contributed by atoms with van der Waals surface area (Å²) in [5.41, 5.74) is 2.53. The zero-order valence-electron chi connectivity index (χ0n) is 10.7. The van der Waals surface area contributed by atoms with Crippen LogP contribution in [0.15, 0.2) is 26.5 Å². The molecule has 0 fully saturated rings. The Morgan fingerprint density at radius 1 is 1.11 bits per heavy atom. The zero-order chi connectivity index (χ0) is 14.0. The summed E-state index contributed by atoms with van der Waals surface area (Å²) >= 11 is 8.66. The van der Waals surface area contributed by atoms with Crippen molar-refractivity contribution in [1.29, 1.82) is 0 Å². The van der Waals surface area contributed by atoms with Crippen molar-refractivity contribution in [3.8, 4) is 0 Å². The van der Waals surface area contributed by atoms with Crippen LogP contribution in [0.5, 0.6) is 0 Å². The Hall–Kier alpha value is -0.230. The highest BCUT2D eigenvalue weighted by Crippen LogP contribution is 2.32. The van der Waals surface area contributed by atoms with E-state index in [1.807, 2.05) is 12.1 Å². The van der Waals surface area contributed by atoms with Gasteiger partial charge in [0.25, 0.3) is 0 Å². The molecule has 1 aromatic heterocycles. The summed E-state index contributed by atoms with van der Waals surface area (Å²) in [6, 6.07) is 5.90. The zero-order valence-corrected chi connectivity index (χ0v) is 14.7. The maximum absolute atomic E-state index is 13.5. The molecule has 102 valence electrons. The first-order valence-corrected chi connectivity index (χ1v) is 8.27. The molecular weight excluding hydrogens is 393 g/mol. The van der Waals surface area contributed by atoms with Gasteiger partial charge in [-0.3, -0.25) is 0 Å². The smallest absolute Gasteiger partial charge is 0.129 e. The quantitative estimate of drug-likeness (QED) is 0.724. The van der Waals surface area contributed by atoms with Crippen molar-refractivity contribution in [3.63, 3.8) is 0 Å². The molecule has 1 aromatic carbocycles. The second kappa shape index (κ2) is 6.48. The van der Waals surface area contributed by atoms with Gasteiger partial charge in [0.1, 0.15) is 5.82 Å². The van der Waals surface area contributed by atoms with Crippen LogP contribution in [0.2, 0.25) is 0 Å². The SMILES string of the molecule is Cc1cc(CNCc2cc(Br)c(Br)s2)cc(C)c1F. The fraction of sp³-hybridized carbons (Fsp3) is 0.286. The number of hydrogen-bond acceptors (Lipinski definition) is 2. The van der Waals surface area contributed by atoms with Gasteiger partial charge in [0.15, 0.2) is 0 Å². The fourth-order valence-electron chi connectivity index (χ4n) is 1.95. The van der Waals surface area contributed by atoms with Crippen LogP contribution in [-0.2, 0) is 13.1 Å². The summed E-state index contributed by atoms with van der Waals surface area (Å²) in [5.74, 6) is -0.102. The third kappa shape index (κ3) is 3.88. The number of hydrogen-bond donors (Lipinski definition) is 1. The van der Waals surface area contributed by atoms with Crippen molar-refractivity contribution < 1.29 is 4.39 Å². The molecule has 0 unspecified atom stereocenters. The van der Waals surface area contributed by atoms with Crippen LogP contribution in [0.1, 0.15) is 21.6 Å². The van der Waals surface area contributed by atoms with Crippen molar-refractivity contribution in [2.45, 2.75) is 26.9 Å². The fourth-order valence-corrected chi connectivity index (χ4v) is 4.09. The molecule has 1 heterocycles. The van der Waals surface area contributed by atoms with Crippen molar-refractivity contribution >= 4 is 43.2 Å². The van der Waals surface area contributed by atoms with Gasteiger partial charge < -0.3 is 5.32 Å². The molecule has 0 radical (unpaired) electrons. The molecule has 0 aliphatic carbocycles. The van der Waals surface area contributed by atoms with E-state index in [9.17, 15) is 4.39 Å². The Kier molecular flexibility index (Phi) is 5.17. The number of nitrogens with one attached hydrogen (secondary N) is 1. The second-order valence-electron chi connectivity index (χ2n) is 4.48. The van der Waals surface area contributed by atoms with E-state index in [1.54, 1.807) is 25.2 Å². The standard InChI is InChI=1S/C14H14Br2FNS/c1-8-3-10(4-9(2)13(8)17)6-18-7-11-5-12(15)14(16)19-11/h3-5,18H,6-7H2,1-2H3. The highest BCUT2D eigenvalue weighted by molar-refractivity contribution is 9.13. The second-order valence-corrected chi connectivity index (χ2v) is 7.79. The van der Waals surface area contributed by atoms with E-state index in [0.29, 0.717) is 11.1 Å². The number of thiophene rings is 1. The molecule has 0 aliphatic heterocycles. The average molecular weight is 407 g/mol. The van der Waals surface area contributed by atoms with Gasteiger partial charge in [-0.25, -0.2) is 4.39 Å². The van der Waals surface area contributed by atoms with E-state index in [0.717, 1.165) is 26.9 Å². The lowest BCUT2D eigenvalue weighted by molar-refractivity contribution is 0.606. The molecule has 0 saturated heterocycles. The van der Waals surface area contributed by atoms with Crippen LogP contribution in [0.25, 0.3) is 0 Å². The number of benzene rings is 1. The normalized spacial score (nSPS) is 11.0. The molecule has 5 heteroatoms. The minimum Gasteiger partial charge on any atom is -0.308 e.